The molecule has 4 N–H and O–H groups in total. The van der Waals surface area contributed by atoms with Gasteiger partial charge in [-0.2, -0.15) is 0 Å². The van der Waals surface area contributed by atoms with Gasteiger partial charge in [-0.3, -0.25) is 0 Å². The molecule has 0 saturated carbocycles. The van der Waals surface area contributed by atoms with Crippen molar-refractivity contribution in [1.29, 1.82) is 0 Å². The molecule has 0 aliphatic rings. The van der Waals surface area contributed by atoms with Crippen LogP contribution in [0.2, 0.25) is 0 Å². The summed E-state index contributed by atoms with van der Waals surface area (Å²) in [5.41, 5.74) is 12.7. The Morgan fingerprint density at radius 2 is 2.21 bits per heavy atom. The topological polar surface area (TPSA) is 90.4 Å². The maximum Gasteiger partial charge on any atom is 0.192 e. The molecule has 5 heteroatoms. The summed E-state index contributed by atoms with van der Waals surface area (Å²) < 4.78 is 5.31. The SMILES string of the molecule is Cc1nc2cc(N=C(N)N)ccc2o1. The second-order valence-electron chi connectivity index (χ2n) is 2.92. The molecule has 14 heavy (non-hydrogen) atoms. The number of hydrogen-bond acceptors (Lipinski definition) is 3. The van der Waals surface area contributed by atoms with E-state index >= 15 is 0 Å². The van der Waals surface area contributed by atoms with Crippen LogP contribution >= 0.6 is 0 Å². The minimum atomic E-state index is 0.0320. The van der Waals surface area contributed by atoms with Gasteiger partial charge in [0.1, 0.15) is 5.52 Å². The molecular weight excluding hydrogens is 180 g/mol. The molecule has 1 aromatic carbocycles. The second kappa shape index (κ2) is 3.02. The minimum absolute atomic E-state index is 0.0320. The van der Waals surface area contributed by atoms with Crippen LogP contribution in [-0.4, -0.2) is 10.9 Å². The number of hydrogen-bond donors (Lipinski definition) is 2. The van der Waals surface area contributed by atoms with Gasteiger partial charge in [0.05, 0.1) is 5.69 Å². The van der Waals surface area contributed by atoms with Crippen molar-refractivity contribution in [2.75, 3.05) is 0 Å². The van der Waals surface area contributed by atoms with Gasteiger partial charge >= 0.3 is 0 Å². The molecule has 0 unspecified atom stereocenters. The summed E-state index contributed by atoms with van der Waals surface area (Å²) in [6.45, 7) is 1.79. The predicted molar refractivity (Wildman–Crippen MR) is 54.2 cm³/mol. The first-order valence-electron chi connectivity index (χ1n) is 4.12. The first kappa shape index (κ1) is 8.55. The lowest BCUT2D eigenvalue weighted by Crippen LogP contribution is -2.21. The molecule has 0 aliphatic carbocycles. The van der Waals surface area contributed by atoms with Gasteiger partial charge in [0.15, 0.2) is 17.4 Å². The fourth-order valence-electron chi connectivity index (χ4n) is 1.25. The Labute approximate surface area is 80.4 Å². The standard InChI is InChI=1S/C9H10N4O/c1-5-12-7-4-6(13-9(10)11)2-3-8(7)14-5/h2-4H,1H3,(H4,10,11,13). The quantitative estimate of drug-likeness (QED) is 0.519. The number of aryl methyl sites for hydroxylation is 1. The number of nitrogens with zero attached hydrogens (tertiary/aromatic N) is 2. The van der Waals surface area contributed by atoms with Crippen LogP contribution in [0.25, 0.3) is 11.1 Å². The summed E-state index contributed by atoms with van der Waals surface area (Å²) in [6.07, 6.45) is 0. The van der Waals surface area contributed by atoms with Crippen molar-refractivity contribution < 1.29 is 4.42 Å². The Bertz CT molecular complexity index is 496. The maximum atomic E-state index is 5.31. The van der Waals surface area contributed by atoms with E-state index in [-0.39, 0.29) is 5.96 Å². The highest BCUT2D eigenvalue weighted by Gasteiger charge is 2.02. The number of aromatic nitrogens is 1. The van der Waals surface area contributed by atoms with E-state index in [0.29, 0.717) is 11.6 Å². The predicted octanol–water partition coefficient (Wildman–Crippen LogP) is 1.04. The highest BCUT2D eigenvalue weighted by molar-refractivity contribution is 5.82. The van der Waals surface area contributed by atoms with Crippen LogP contribution in [0.4, 0.5) is 5.69 Å². The Morgan fingerprint density at radius 1 is 1.43 bits per heavy atom. The molecule has 2 aromatic rings. The average molecular weight is 190 g/mol. The monoisotopic (exact) mass is 190 g/mol. The molecular formula is C9H10N4O. The zero-order valence-corrected chi connectivity index (χ0v) is 7.69. The third-order valence-corrected chi connectivity index (χ3v) is 1.74. The maximum absolute atomic E-state index is 5.31. The first-order chi connectivity index (χ1) is 6.65. The number of aliphatic imine (C=N–C) groups is 1. The fourth-order valence-corrected chi connectivity index (χ4v) is 1.25. The summed E-state index contributed by atoms with van der Waals surface area (Å²) in [5, 5.41) is 0. The Hall–Kier alpha value is -2.04. The lowest BCUT2D eigenvalue weighted by molar-refractivity contribution is 0.561. The van der Waals surface area contributed by atoms with E-state index in [1.807, 2.05) is 0 Å². The molecule has 72 valence electrons. The number of fused-ring (bicyclic) bond motifs is 1. The zero-order chi connectivity index (χ0) is 10.1. The molecule has 0 bridgehead atoms. The van der Waals surface area contributed by atoms with Gasteiger partial charge in [-0.15, -0.1) is 0 Å². The van der Waals surface area contributed by atoms with E-state index in [0.717, 1.165) is 11.1 Å². The van der Waals surface area contributed by atoms with Gasteiger partial charge in [0, 0.05) is 6.92 Å². The van der Waals surface area contributed by atoms with Gasteiger partial charge in [-0.1, -0.05) is 0 Å². The van der Waals surface area contributed by atoms with Crippen molar-refractivity contribution in [2.24, 2.45) is 16.5 Å². The molecule has 1 aromatic heterocycles. The lowest BCUT2D eigenvalue weighted by Gasteiger charge is -1.93. The molecule has 0 amide bonds. The third-order valence-electron chi connectivity index (χ3n) is 1.74. The van der Waals surface area contributed by atoms with Gasteiger partial charge in [-0.25, -0.2) is 9.98 Å². The second-order valence-corrected chi connectivity index (χ2v) is 2.92. The van der Waals surface area contributed by atoms with E-state index in [9.17, 15) is 0 Å². The van der Waals surface area contributed by atoms with Crippen molar-refractivity contribution in [3.8, 4) is 0 Å². The van der Waals surface area contributed by atoms with Gasteiger partial charge < -0.3 is 15.9 Å². The van der Waals surface area contributed by atoms with Crippen LogP contribution in [0.15, 0.2) is 27.6 Å². The summed E-state index contributed by atoms with van der Waals surface area (Å²) in [4.78, 5) is 8.07. The molecule has 2 rings (SSSR count). The molecule has 0 radical (unpaired) electrons. The number of oxazole rings is 1. The number of guanidine groups is 1. The zero-order valence-electron chi connectivity index (χ0n) is 7.69. The summed E-state index contributed by atoms with van der Waals surface area (Å²) >= 11 is 0. The summed E-state index contributed by atoms with van der Waals surface area (Å²) in [7, 11) is 0. The largest absolute Gasteiger partial charge is 0.441 e. The van der Waals surface area contributed by atoms with E-state index < -0.39 is 0 Å². The van der Waals surface area contributed by atoms with E-state index in [4.69, 9.17) is 15.9 Å². The Kier molecular flexibility index (Phi) is 1.85. The van der Waals surface area contributed by atoms with Crippen molar-refractivity contribution in [3.63, 3.8) is 0 Å². The van der Waals surface area contributed by atoms with Crippen molar-refractivity contribution in [3.05, 3.63) is 24.1 Å². The van der Waals surface area contributed by atoms with E-state index in [1.54, 1.807) is 25.1 Å². The number of benzene rings is 1. The van der Waals surface area contributed by atoms with Crippen LogP contribution in [0, 0.1) is 6.92 Å². The summed E-state index contributed by atoms with van der Waals surface area (Å²) in [5.74, 6) is 0.659. The number of nitrogens with two attached hydrogens (primary N) is 2. The van der Waals surface area contributed by atoms with Gasteiger partial charge in [0.25, 0.3) is 0 Å². The van der Waals surface area contributed by atoms with E-state index in [1.165, 1.54) is 0 Å². The molecule has 1 heterocycles. The molecule has 5 nitrogen and oxygen atoms in total. The van der Waals surface area contributed by atoms with Crippen LogP contribution < -0.4 is 11.5 Å². The van der Waals surface area contributed by atoms with Gasteiger partial charge in [0.2, 0.25) is 0 Å². The molecule has 0 aliphatic heterocycles. The normalized spacial score (nSPS) is 10.4. The third kappa shape index (κ3) is 1.52. The number of rotatable bonds is 1. The van der Waals surface area contributed by atoms with Crippen molar-refractivity contribution >= 4 is 22.7 Å². The Morgan fingerprint density at radius 3 is 2.93 bits per heavy atom. The minimum Gasteiger partial charge on any atom is -0.441 e. The molecule has 0 fully saturated rings. The highest BCUT2D eigenvalue weighted by atomic mass is 16.3. The van der Waals surface area contributed by atoms with Crippen LogP contribution in [0.1, 0.15) is 5.89 Å². The van der Waals surface area contributed by atoms with Crippen LogP contribution in [0.5, 0.6) is 0 Å². The molecule has 0 atom stereocenters. The van der Waals surface area contributed by atoms with E-state index in [2.05, 4.69) is 9.98 Å². The van der Waals surface area contributed by atoms with Crippen LogP contribution in [0.3, 0.4) is 0 Å². The smallest absolute Gasteiger partial charge is 0.192 e. The molecule has 0 saturated heterocycles. The first-order valence-corrected chi connectivity index (χ1v) is 4.12. The summed E-state index contributed by atoms with van der Waals surface area (Å²) in [6, 6.07) is 5.33. The molecule has 0 spiro atoms. The average Bonchev–Trinajstić information content (AvgIpc) is 2.42. The van der Waals surface area contributed by atoms with Gasteiger partial charge in [-0.05, 0) is 18.2 Å². The van der Waals surface area contributed by atoms with Crippen LogP contribution in [-0.2, 0) is 0 Å². The highest BCUT2D eigenvalue weighted by Crippen LogP contribution is 2.21. The van der Waals surface area contributed by atoms with Crippen molar-refractivity contribution in [2.45, 2.75) is 6.92 Å². The van der Waals surface area contributed by atoms with Crippen molar-refractivity contribution in [1.82, 2.24) is 4.98 Å². The fraction of sp³-hybridized carbons (Fsp3) is 0.111. The Balaban J connectivity index is 2.56. The lowest BCUT2D eigenvalue weighted by atomic mass is 10.3.